The molecule has 0 amide bonds. The number of carbonyl (C=O) groups is 1. The molecule has 0 spiro atoms. The molecule has 0 saturated carbocycles. The lowest BCUT2D eigenvalue weighted by molar-refractivity contribution is -0.134. The zero-order valence-electron chi connectivity index (χ0n) is 14.0. The van der Waals surface area contributed by atoms with Gasteiger partial charge in [-0.05, 0) is 43.9 Å². The first-order valence-corrected chi connectivity index (χ1v) is 8.57. The Balaban J connectivity index is 1.85. The van der Waals surface area contributed by atoms with Crippen molar-refractivity contribution in [3.8, 4) is 0 Å². The molecule has 3 nitrogen and oxygen atoms in total. The SMILES string of the molecule is C[C@]1(O)CC[C@@](F)(C(=O)CCc2ccc(F)c(Cl)c2F)c2cccnc21. The molecule has 7 heteroatoms. The molecule has 0 saturated heterocycles. The molecular weight excluding hydrogens is 367 g/mol. The second-order valence-corrected chi connectivity index (χ2v) is 7.11. The average molecular weight is 384 g/mol. The third kappa shape index (κ3) is 3.12. The normalized spacial score (nSPS) is 25.0. The topological polar surface area (TPSA) is 50.2 Å². The lowest BCUT2D eigenvalue weighted by atomic mass is 9.73. The third-order valence-electron chi connectivity index (χ3n) is 4.88. The number of aliphatic hydroxyl groups is 1. The Morgan fingerprint density at radius 1 is 1.31 bits per heavy atom. The van der Waals surface area contributed by atoms with Crippen molar-refractivity contribution in [1.29, 1.82) is 0 Å². The molecule has 0 radical (unpaired) electrons. The smallest absolute Gasteiger partial charge is 0.195 e. The second-order valence-electron chi connectivity index (χ2n) is 6.73. The fourth-order valence-electron chi connectivity index (χ4n) is 3.32. The quantitative estimate of drug-likeness (QED) is 0.797. The van der Waals surface area contributed by atoms with E-state index in [1.54, 1.807) is 0 Å². The number of halogens is 4. The number of pyridine rings is 1. The van der Waals surface area contributed by atoms with Gasteiger partial charge in [0, 0.05) is 18.2 Å². The summed E-state index contributed by atoms with van der Waals surface area (Å²) >= 11 is 5.53. The molecule has 1 aliphatic rings. The summed E-state index contributed by atoms with van der Waals surface area (Å²) < 4.78 is 42.8. The van der Waals surface area contributed by atoms with Gasteiger partial charge in [-0.3, -0.25) is 9.78 Å². The molecule has 1 N–H and O–H groups in total. The summed E-state index contributed by atoms with van der Waals surface area (Å²) in [6, 6.07) is 5.13. The fourth-order valence-corrected chi connectivity index (χ4v) is 3.50. The number of ketones is 1. The van der Waals surface area contributed by atoms with E-state index in [4.69, 9.17) is 11.6 Å². The number of alkyl halides is 1. The monoisotopic (exact) mass is 383 g/mol. The van der Waals surface area contributed by atoms with Gasteiger partial charge in [0.15, 0.2) is 11.5 Å². The number of aromatic nitrogens is 1. The minimum Gasteiger partial charge on any atom is -0.384 e. The Hall–Kier alpha value is -1.92. The molecule has 0 bridgehead atoms. The average Bonchev–Trinajstić information content (AvgIpc) is 2.62. The zero-order valence-corrected chi connectivity index (χ0v) is 14.8. The molecule has 2 aromatic rings. The Morgan fingerprint density at radius 2 is 2.04 bits per heavy atom. The minimum atomic E-state index is -2.30. The number of Topliss-reactive ketones (excluding diaryl/α,β-unsaturated/α-hetero) is 1. The number of benzene rings is 1. The summed E-state index contributed by atoms with van der Waals surface area (Å²) in [5.41, 5.74) is -3.39. The van der Waals surface area contributed by atoms with Crippen molar-refractivity contribution in [1.82, 2.24) is 4.98 Å². The maximum Gasteiger partial charge on any atom is 0.195 e. The predicted molar refractivity (Wildman–Crippen MR) is 90.5 cm³/mol. The van der Waals surface area contributed by atoms with Crippen molar-refractivity contribution in [2.75, 3.05) is 0 Å². The molecule has 2 atom stereocenters. The lowest BCUT2D eigenvalue weighted by Crippen LogP contribution is -2.42. The third-order valence-corrected chi connectivity index (χ3v) is 5.23. The van der Waals surface area contributed by atoms with Crippen LogP contribution in [-0.4, -0.2) is 15.9 Å². The number of carbonyl (C=O) groups excluding carboxylic acids is 1. The van der Waals surface area contributed by atoms with Crippen LogP contribution in [0.1, 0.15) is 43.0 Å². The van der Waals surface area contributed by atoms with E-state index in [1.165, 1.54) is 31.3 Å². The largest absolute Gasteiger partial charge is 0.384 e. The first-order valence-electron chi connectivity index (χ1n) is 8.20. The van der Waals surface area contributed by atoms with Crippen LogP contribution >= 0.6 is 11.6 Å². The Bertz CT molecular complexity index is 872. The van der Waals surface area contributed by atoms with Gasteiger partial charge < -0.3 is 5.11 Å². The van der Waals surface area contributed by atoms with Crippen LogP contribution in [0.3, 0.4) is 0 Å². The van der Waals surface area contributed by atoms with Crippen LogP contribution in [0.25, 0.3) is 0 Å². The number of nitrogens with zero attached hydrogens (tertiary/aromatic N) is 1. The fraction of sp³-hybridized carbons (Fsp3) is 0.368. The number of rotatable bonds is 4. The second kappa shape index (κ2) is 6.67. The van der Waals surface area contributed by atoms with Gasteiger partial charge >= 0.3 is 0 Å². The van der Waals surface area contributed by atoms with E-state index in [0.29, 0.717) is 0 Å². The van der Waals surface area contributed by atoms with Gasteiger partial charge in [0.05, 0.1) is 5.69 Å². The van der Waals surface area contributed by atoms with E-state index in [-0.39, 0.29) is 42.5 Å². The van der Waals surface area contributed by atoms with E-state index in [2.05, 4.69) is 4.98 Å². The molecule has 1 aromatic heterocycles. The molecule has 3 rings (SSSR count). The molecule has 1 heterocycles. The van der Waals surface area contributed by atoms with E-state index in [9.17, 15) is 18.7 Å². The number of aryl methyl sites for hydroxylation is 1. The Labute approximate surface area is 153 Å². The highest BCUT2D eigenvalue weighted by Gasteiger charge is 2.49. The minimum absolute atomic E-state index is 0.0377. The van der Waals surface area contributed by atoms with Crippen molar-refractivity contribution in [3.05, 3.63) is 63.9 Å². The van der Waals surface area contributed by atoms with E-state index >= 15 is 4.39 Å². The molecule has 26 heavy (non-hydrogen) atoms. The predicted octanol–water partition coefficient (Wildman–Crippen LogP) is 4.38. The van der Waals surface area contributed by atoms with Gasteiger partial charge in [-0.1, -0.05) is 23.7 Å². The first kappa shape index (κ1) is 18.9. The molecule has 0 unspecified atom stereocenters. The van der Waals surface area contributed by atoms with Crippen LogP contribution in [0.15, 0.2) is 30.5 Å². The highest BCUT2D eigenvalue weighted by molar-refractivity contribution is 6.30. The summed E-state index contributed by atoms with van der Waals surface area (Å²) in [5.74, 6) is -2.57. The van der Waals surface area contributed by atoms with Crippen LogP contribution in [0, 0.1) is 11.6 Å². The first-order chi connectivity index (χ1) is 12.2. The molecule has 138 valence electrons. The summed E-state index contributed by atoms with van der Waals surface area (Å²) in [6.45, 7) is 1.53. The van der Waals surface area contributed by atoms with Crippen molar-refractivity contribution < 1.29 is 23.1 Å². The van der Waals surface area contributed by atoms with Gasteiger partial charge in [-0.25, -0.2) is 13.2 Å². The van der Waals surface area contributed by atoms with E-state index in [0.717, 1.165) is 6.07 Å². The highest BCUT2D eigenvalue weighted by atomic mass is 35.5. The highest BCUT2D eigenvalue weighted by Crippen LogP contribution is 2.46. The van der Waals surface area contributed by atoms with Gasteiger partial charge in [0.2, 0.25) is 0 Å². The number of fused-ring (bicyclic) bond motifs is 1. The van der Waals surface area contributed by atoms with Crippen LogP contribution in [-0.2, 0) is 22.5 Å². The molecule has 0 aliphatic heterocycles. The molecule has 0 fully saturated rings. The van der Waals surface area contributed by atoms with Gasteiger partial charge in [-0.15, -0.1) is 0 Å². The van der Waals surface area contributed by atoms with E-state index < -0.39 is 33.7 Å². The Kier molecular flexibility index (Phi) is 4.84. The summed E-state index contributed by atoms with van der Waals surface area (Å²) in [4.78, 5) is 16.7. The summed E-state index contributed by atoms with van der Waals surface area (Å²) in [7, 11) is 0. The maximum atomic E-state index is 15.6. The van der Waals surface area contributed by atoms with Crippen molar-refractivity contribution in [2.45, 2.75) is 43.9 Å². The van der Waals surface area contributed by atoms with Crippen LogP contribution in [0.2, 0.25) is 5.02 Å². The molecular formula is C19H17ClF3NO2. The van der Waals surface area contributed by atoms with Crippen molar-refractivity contribution in [2.24, 2.45) is 0 Å². The van der Waals surface area contributed by atoms with Gasteiger partial charge in [0.1, 0.15) is 22.3 Å². The van der Waals surface area contributed by atoms with Crippen LogP contribution in [0.4, 0.5) is 13.2 Å². The number of hydrogen-bond acceptors (Lipinski definition) is 3. The summed E-state index contributed by atoms with van der Waals surface area (Å²) in [6.07, 6.45) is 0.883. The van der Waals surface area contributed by atoms with Crippen LogP contribution < -0.4 is 0 Å². The van der Waals surface area contributed by atoms with Crippen molar-refractivity contribution >= 4 is 17.4 Å². The lowest BCUT2D eigenvalue weighted by Gasteiger charge is -2.37. The Morgan fingerprint density at radius 3 is 2.77 bits per heavy atom. The summed E-state index contributed by atoms with van der Waals surface area (Å²) in [5, 5.41) is 9.76. The maximum absolute atomic E-state index is 15.6. The molecule has 1 aliphatic carbocycles. The van der Waals surface area contributed by atoms with Gasteiger partial charge in [-0.2, -0.15) is 0 Å². The van der Waals surface area contributed by atoms with Crippen LogP contribution in [0.5, 0.6) is 0 Å². The van der Waals surface area contributed by atoms with E-state index in [1.807, 2.05) is 0 Å². The number of hydrogen-bond donors (Lipinski definition) is 1. The van der Waals surface area contributed by atoms with Crippen molar-refractivity contribution in [3.63, 3.8) is 0 Å². The zero-order chi connectivity index (χ0) is 19.1. The standard InChI is InChI=1S/C19H17ClF3NO2/c1-18(26)8-9-19(23,12-3-2-10-24-17(12)18)14(25)7-5-11-4-6-13(21)15(20)16(11)22/h2-4,6,10,26H,5,7-9H2,1H3/t18-,19-/m0/s1. The van der Waals surface area contributed by atoms with Gasteiger partial charge in [0.25, 0.3) is 0 Å². The molecule has 1 aromatic carbocycles.